The molecule has 10 aromatic rings. The van der Waals surface area contributed by atoms with Gasteiger partial charge in [0.25, 0.3) is 0 Å². The van der Waals surface area contributed by atoms with Gasteiger partial charge in [-0.1, -0.05) is 142 Å². The summed E-state index contributed by atoms with van der Waals surface area (Å²) in [5.74, 6) is 10.1. The van der Waals surface area contributed by atoms with Crippen LogP contribution < -0.4 is 38.8 Å². The van der Waals surface area contributed by atoms with E-state index < -0.39 is 16.6 Å². The molecule has 0 bridgehead atoms. The van der Waals surface area contributed by atoms with Crippen LogP contribution >= 0.6 is 0 Å². The van der Waals surface area contributed by atoms with E-state index in [1.807, 2.05) is 97.1 Å². The highest BCUT2D eigenvalue weighted by atomic mass is 28.4. The second-order valence-electron chi connectivity index (χ2n) is 28.0. The molecule has 0 amide bonds. The Morgan fingerprint density at radius 1 is 0.245 bits per heavy atom. The fourth-order valence-electron chi connectivity index (χ4n) is 10.5. The zero-order valence-electron chi connectivity index (χ0n) is 64.3. The third-order valence-electron chi connectivity index (χ3n) is 19.2. The minimum atomic E-state index is -1.92. The summed E-state index contributed by atoms with van der Waals surface area (Å²) in [6.45, 7) is 53.4. The van der Waals surface area contributed by atoms with Crippen molar-refractivity contribution in [1.82, 2.24) is 0 Å². The van der Waals surface area contributed by atoms with E-state index in [1.54, 1.807) is 0 Å². The molecule has 2 atom stereocenters. The molecule has 0 aliphatic carbocycles. The Bertz CT molecular complexity index is 3960. The van der Waals surface area contributed by atoms with Crippen LogP contribution in [0.5, 0.6) is 57.5 Å². The number of rotatable bonds is 20. The van der Waals surface area contributed by atoms with Gasteiger partial charge in [0.2, 0.25) is 16.6 Å². The van der Waals surface area contributed by atoms with Crippen molar-refractivity contribution in [2.45, 2.75) is 200 Å². The number of aryl methyl sites for hydroxylation is 16. The Morgan fingerprint density at radius 2 is 0.451 bits per heavy atom. The molecule has 0 heterocycles. The van der Waals surface area contributed by atoms with Crippen LogP contribution in [0.3, 0.4) is 0 Å². The van der Waals surface area contributed by atoms with Crippen LogP contribution in [0.4, 0.5) is 0 Å². The predicted octanol–water partition coefficient (Wildman–Crippen LogP) is 26.8. The zero-order valence-corrected chi connectivity index (χ0v) is 66.3. The fourth-order valence-corrected chi connectivity index (χ4v) is 18.7. The van der Waals surface area contributed by atoms with Crippen LogP contribution in [0.1, 0.15) is 152 Å². The molecule has 0 saturated heterocycles. The van der Waals surface area contributed by atoms with Crippen molar-refractivity contribution in [3.63, 3.8) is 0 Å². The largest absolute Gasteiger partial charge is 0.490 e. The number of hydrogen-bond donors (Lipinski definition) is 0. The predicted molar refractivity (Wildman–Crippen MR) is 446 cm³/mol. The Labute approximate surface area is 621 Å². The summed E-state index contributed by atoms with van der Waals surface area (Å²) in [5, 5.41) is 2.79. The average Bonchev–Trinajstić information content (AvgIpc) is 0.792. The molecule has 0 radical (unpaired) electrons. The first-order valence-corrected chi connectivity index (χ1v) is 41.1. The van der Waals surface area contributed by atoms with Crippen LogP contribution in [0.25, 0.3) is 0 Å². The van der Waals surface area contributed by atoms with Gasteiger partial charge in [0, 0.05) is 6.07 Å². The number of benzene rings is 10. The first-order valence-electron chi connectivity index (χ1n) is 35.3. The molecular formula is C93H126O7Si2. The van der Waals surface area contributed by atoms with E-state index in [1.165, 1.54) is 112 Å². The van der Waals surface area contributed by atoms with Crippen LogP contribution in [0, 0.1) is 123 Å². The standard InChI is InChI=1S/2C22H22O2.C20H30OSi2.C18H22O2.C8H18.3CH4/c1-15-5-7-21(13-17(15)3)23-19-9-11-20(12-10-19)24-22-8-6-16(2)18(4)14-22;1-15-8-10-21(12-17(15)3)23-19-6-5-7-20(14-19)24-22-11-9-16(2)18(4)13-22;1-15-9-11-19(13-17(15)3)22(5,6)21-23(7,8)20-12-10-16(2)18(4)14-20;1-13-5-7-17(11-15(13)3)19-9-10-20-18-8-6-14(2)16(4)12-18;1-5-7(3)8(4)6-2;;;/h2*5-14H,1-4H3;9-14H,1-8H3;5-8,11-12H,9-10H2,1-4H3;7-8H,5-6H2,1-4H3;3*1H4. The SMILES string of the molecule is C.C.C.CCC(C)C(C)CC.Cc1ccc(OCCOc2ccc(C)c(C)c2)cc1C.Cc1ccc(Oc2ccc(Oc3ccc(C)c(C)c3)cc2)cc1C.Cc1ccc(Oc2cccc(Oc3ccc(C)c(C)c3)c2)cc1C.Cc1ccc([Si](C)(C)O[Si](C)(C)c2ccc(C)c(C)c2)cc1C. The summed E-state index contributed by atoms with van der Waals surface area (Å²) in [6.07, 6.45) is 2.66. The van der Waals surface area contributed by atoms with Gasteiger partial charge in [-0.3, -0.25) is 0 Å². The van der Waals surface area contributed by atoms with Crippen molar-refractivity contribution >= 4 is 27.0 Å². The van der Waals surface area contributed by atoms with E-state index in [0.29, 0.717) is 13.2 Å². The second kappa shape index (κ2) is 41.5. The maximum atomic E-state index is 6.86. The van der Waals surface area contributed by atoms with Crippen molar-refractivity contribution < 1.29 is 32.5 Å². The summed E-state index contributed by atoms with van der Waals surface area (Å²) in [6, 6.07) is 65.7. The third-order valence-corrected chi connectivity index (χ3v) is 26.7. The molecule has 102 heavy (non-hydrogen) atoms. The summed E-state index contributed by atoms with van der Waals surface area (Å²) in [5.41, 5.74) is 20.4. The summed E-state index contributed by atoms with van der Waals surface area (Å²) in [4.78, 5) is 0. The van der Waals surface area contributed by atoms with Crippen LogP contribution in [0.15, 0.2) is 194 Å². The summed E-state index contributed by atoms with van der Waals surface area (Å²) in [7, 11) is -3.84. The van der Waals surface area contributed by atoms with Gasteiger partial charge in [0.15, 0.2) is 0 Å². The van der Waals surface area contributed by atoms with E-state index in [9.17, 15) is 0 Å². The van der Waals surface area contributed by atoms with Crippen molar-refractivity contribution in [1.29, 1.82) is 0 Å². The smallest absolute Gasteiger partial charge is 0.206 e. The maximum absolute atomic E-state index is 6.86. The minimum Gasteiger partial charge on any atom is -0.490 e. The highest BCUT2D eigenvalue weighted by molar-refractivity contribution is 6.96. The quantitative estimate of drug-likeness (QED) is 0.0556. The zero-order chi connectivity index (χ0) is 72.7. The Kier molecular flexibility index (Phi) is 35.6. The molecule has 9 heteroatoms. The van der Waals surface area contributed by atoms with Crippen molar-refractivity contribution in [3.05, 3.63) is 283 Å². The van der Waals surface area contributed by atoms with E-state index >= 15 is 0 Å². The monoisotopic (exact) mass is 1410 g/mol. The van der Waals surface area contributed by atoms with Gasteiger partial charge in [-0.2, -0.15) is 0 Å². The topological polar surface area (TPSA) is 64.6 Å². The first kappa shape index (κ1) is 87.6. The Morgan fingerprint density at radius 3 is 0.696 bits per heavy atom. The Balaban J connectivity index is 0.000000338. The summed E-state index contributed by atoms with van der Waals surface area (Å²) < 4.78 is 42.0. The number of hydrogen-bond acceptors (Lipinski definition) is 7. The van der Waals surface area contributed by atoms with Gasteiger partial charge in [0.1, 0.15) is 70.7 Å². The lowest BCUT2D eigenvalue weighted by Crippen LogP contribution is -2.57. The fraction of sp³-hybridized carbons (Fsp3) is 0.355. The van der Waals surface area contributed by atoms with Crippen molar-refractivity contribution in [3.8, 4) is 57.5 Å². The van der Waals surface area contributed by atoms with Gasteiger partial charge < -0.3 is 32.5 Å². The van der Waals surface area contributed by atoms with Gasteiger partial charge in [-0.25, -0.2) is 0 Å². The molecule has 7 nitrogen and oxygen atoms in total. The van der Waals surface area contributed by atoms with Crippen LogP contribution in [0.2, 0.25) is 26.2 Å². The van der Waals surface area contributed by atoms with E-state index in [2.05, 4.69) is 262 Å². The molecule has 0 saturated carbocycles. The molecule has 0 aliphatic heterocycles. The molecule has 2 unspecified atom stereocenters. The normalized spacial score (nSPS) is 11.2. The van der Waals surface area contributed by atoms with Crippen LogP contribution in [-0.4, -0.2) is 29.8 Å². The molecule has 0 spiro atoms. The number of ether oxygens (including phenoxy) is 6. The molecule has 0 N–H and O–H groups in total. The first-order chi connectivity index (χ1) is 46.8. The van der Waals surface area contributed by atoms with Crippen molar-refractivity contribution in [2.24, 2.45) is 11.8 Å². The summed E-state index contributed by atoms with van der Waals surface area (Å²) >= 11 is 0. The molecule has 0 fully saturated rings. The average molecular weight is 1410 g/mol. The van der Waals surface area contributed by atoms with Gasteiger partial charge >= 0.3 is 0 Å². The van der Waals surface area contributed by atoms with E-state index in [4.69, 9.17) is 32.5 Å². The molecule has 0 aromatic heterocycles. The van der Waals surface area contributed by atoms with Crippen molar-refractivity contribution in [2.75, 3.05) is 13.2 Å². The third kappa shape index (κ3) is 27.6. The van der Waals surface area contributed by atoms with E-state index in [0.717, 1.165) is 69.3 Å². The molecule has 10 aromatic carbocycles. The van der Waals surface area contributed by atoms with Gasteiger partial charge in [-0.15, -0.1) is 0 Å². The minimum absolute atomic E-state index is 0. The molecular weight excluding hydrogens is 1290 g/mol. The highest BCUT2D eigenvalue weighted by Crippen LogP contribution is 2.32. The lowest BCUT2D eigenvalue weighted by atomic mass is 9.92. The lowest BCUT2D eigenvalue weighted by molar-refractivity contribution is 0.217. The highest BCUT2D eigenvalue weighted by Gasteiger charge is 2.36. The molecule has 10 rings (SSSR count). The molecule has 0 aliphatic rings. The van der Waals surface area contributed by atoms with Gasteiger partial charge in [0.05, 0.1) is 0 Å². The van der Waals surface area contributed by atoms with Crippen LogP contribution in [-0.2, 0) is 4.12 Å². The Hall–Kier alpha value is -8.61. The molecule has 548 valence electrons. The van der Waals surface area contributed by atoms with Gasteiger partial charge in [-0.05, 0) is 357 Å². The van der Waals surface area contributed by atoms with E-state index in [-0.39, 0.29) is 22.3 Å². The second-order valence-corrected chi connectivity index (χ2v) is 36.0. The maximum Gasteiger partial charge on any atom is 0.206 e. The lowest BCUT2D eigenvalue weighted by Gasteiger charge is -2.35.